The van der Waals surface area contributed by atoms with Crippen LogP contribution in [0.2, 0.25) is 0 Å². The second-order valence-electron chi connectivity index (χ2n) is 6.86. The van der Waals surface area contributed by atoms with Gasteiger partial charge in [-0.2, -0.15) is 0 Å². The summed E-state index contributed by atoms with van der Waals surface area (Å²) in [4.78, 5) is 39.8. The minimum atomic E-state index is -1.39. The quantitative estimate of drug-likeness (QED) is 0.563. The number of hydrogen-bond donors (Lipinski definition) is 2. The van der Waals surface area contributed by atoms with Crippen molar-refractivity contribution in [2.24, 2.45) is 0 Å². The number of Topliss-reactive ketones (excluding diaryl/α,β-unsaturated/α-hetero) is 1. The van der Waals surface area contributed by atoms with E-state index >= 15 is 0 Å². The molecule has 0 unspecified atom stereocenters. The molecule has 1 atom stereocenters. The normalized spacial score (nSPS) is 13.2. The number of carbonyl (C=O) groups is 3. The largest absolute Gasteiger partial charge is 0.480 e. The maximum Gasteiger partial charge on any atom is 0.407 e. The molecule has 0 radical (unpaired) electrons. The second kappa shape index (κ2) is 8.46. The van der Waals surface area contributed by atoms with E-state index in [-0.39, 0.29) is 18.2 Å². The molecule has 30 heavy (non-hydrogen) atoms. The highest BCUT2D eigenvalue weighted by molar-refractivity contribution is 7.07. The lowest BCUT2D eigenvalue weighted by molar-refractivity contribution is -0.139. The van der Waals surface area contributed by atoms with E-state index in [0.29, 0.717) is 0 Å². The minimum absolute atomic E-state index is 0.0617. The average Bonchev–Trinajstić information content (AvgIpc) is 3.39. The van der Waals surface area contributed by atoms with Gasteiger partial charge in [0.25, 0.3) is 0 Å². The van der Waals surface area contributed by atoms with Gasteiger partial charge < -0.3 is 15.2 Å². The third kappa shape index (κ3) is 3.95. The molecule has 1 aliphatic rings. The van der Waals surface area contributed by atoms with E-state index in [0.717, 1.165) is 22.3 Å². The lowest BCUT2D eigenvalue weighted by atomic mass is 9.98. The van der Waals surface area contributed by atoms with Crippen LogP contribution in [0.1, 0.15) is 34.0 Å². The smallest absolute Gasteiger partial charge is 0.407 e. The van der Waals surface area contributed by atoms with Crippen molar-refractivity contribution in [3.63, 3.8) is 0 Å². The Labute approximate surface area is 176 Å². The summed E-state index contributed by atoms with van der Waals surface area (Å²) < 4.78 is 5.35. The number of fused-ring (bicyclic) bond motifs is 3. The van der Waals surface area contributed by atoms with E-state index in [9.17, 15) is 19.5 Å². The van der Waals surface area contributed by atoms with Gasteiger partial charge in [-0.05, 0) is 22.3 Å². The van der Waals surface area contributed by atoms with E-state index in [1.807, 2.05) is 48.5 Å². The van der Waals surface area contributed by atoms with Gasteiger partial charge in [-0.3, -0.25) is 4.79 Å². The van der Waals surface area contributed by atoms with Crippen LogP contribution in [0.5, 0.6) is 0 Å². The van der Waals surface area contributed by atoms with Crippen LogP contribution in [0.15, 0.2) is 59.4 Å². The van der Waals surface area contributed by atoms with Gasteiger partial charge >= 0.3 is 12.1 Å². The summed E-state index contributed by atoms with van der Waals surface area (Å²) in [6.07, 6.45) is -1.28. The van der Waals surface area contributed by atoms with Crippen molar-refractivity contribution in [3.8, 4) is 11.1 Å². The Balaban J connectivity index is 1.42. The molecule has 1 aliphatic carbocycles. The molecule has 1 amide bonds. The third-order valence-corrected chi connectivity index (χ3v) is 5.63. The molecule has 152 valence electrons. The SMILES string of the molecule is O=C(N[C@@H](CC(=O)c1cscn1)C(=O)O)OCC1c2ccccc2-c2ccccc21. The molecule has 2 N–H and O–H groups in total. The summed E-state index contributed by atoms with van der Waals surface area (Å²) >= 11 is 1.24. The second-order valence-corrected chi connectivity index (χ2v) is 7.58. The van der Waals surface area contributed by atoms with Crippen LogP contribution in [0.4, 0.5) is 4.79 Å². The van der Waals surface area contributed by atoms with Crippen LogP contribution >= 0.6 is 11.3 Å². The van der Waals surface area contributed by atoms with Gasteiger partial charge in [-0.25, -0.2) is 14.6 Å². The molecule has 0 saturated heterocycles. The van der Waals surface area contributed by atoms with E-state index < -0.39 is 30.3 Å². The van der Waals surface area contributed by atoms with Crippen LogP contribution < -0.4 is 5.32 Å². The highest BCUT2D eigenvalue weighted by Crippen LogP contribution is 2.44. The molecule has 0 saturated carbocycles. The van der Waals surface area contributed by atoms with E-state index in [1.165, 1.54) is 22.2 Å². The van der Waals surface area contributed by atoms with Crippen molar-refractivity contribution in [1.29, 1.82) is 0 Å². The van der Waals surface area contributed by atoms with Crippen LogP contribution in [-0.4, -0.2) is 40.6 Å². The maximum atomic E-state index is 12.3. The number of hydrogen-bond acceptors (Lipinski definition) is 6. The van der Waals surface area contributed by atoms with Gasteiger partial charge in [0.1, 0.15) is 18.3 Å². The number of alkyl carbamates (subject to hydrolysis) is 1. The molecule has 7 nitrogen and oxygen atoms in total. The zero-order valence-electron chi connectivity index (χ0n) is 15.8. The number of benzene rings is 2. The van der Waals surface area contributed by atoms with Crippen molar-refractivity contribution in [3.05, 3.63) is 76.2 Å². The zero-order chi connectivity index (χ0) is 21.1. The number of nitrogens with zero attached hydrogens (tertiary/aromatic N) is 1. The number of ether oxygens (including phenoxy) is 1. The molecule has 2 aromatic carbocycles. The monoisotopic (exact) mass is 422 g/mol. The van der Waals surface area contributed by atoms with E-state index in [4.69, 9.17) is 4.74 Å². The van der Waals surface area contributed by atoms with E-state index in [2.05, 4.69) is 10.3 Å². The number of carboxylic acids is 1. The molecule has 0 spiro atoms. The molecule has 0 fully saturated rings. The van der Waals surface area contributed by atoms with Gasteiger partial charge in [-0.15, -0.1) is 11.3 Å². The predicted molar refractivity (Wildman–Crippen MR) is 111 cm³/mol. The lowest BCUT2D eigenvalue weighted by Gasteiger charge is -2.17. The van der Waals surface area contributed by atoms with Gasteiger partial charge in [-0.1, -0.05) is 48.5 Å². The van der Waals surface area contributed by atoms with Crippen molar-refractivity contribution in [1.82, 2.24) is 10.3 Å². The van der Waals surface area contributed by atoms with Gasteiger partial charge in [0.15, 0.2) is 5.78 Å². The minimum Gasteiger partial charge on any atom is -0.480 e. The number of carboxylic acid groups (broad SMARTS) is 1. The Morgan fingerprint density at radius 2 is 1.70 bits per heavy atom. The number of nitrogens with one attached hydrogen (secondary N) is 1. The van der Waals surface area contributed by atoms with Crippen LogP contribution in [0, 0.1) is 0 Å². The zero-order valence-corrected chi connectivity index (χ0v) is 16.6. The molecule has 1 aromatic heterocycles. The molecule has 0 aliphatic heterocycles. The Bertz CT molecular complexity index is 1050. The summed E-state index contributed by atoms with van der Waals surface area (Å²) in [5.74, 6) is -1.90. The first-order valence-electron chi connectivity index (χ1n) is 9.30. The first-order valence-corrected chi connectivity index (χ1v) is 10.2. The van der Waals surface area contributed by atoms with Crippen molar-refractivity contribution in [2.75, 3.05) is 6.61 Å². The molecular weight excluding hydrogens is 404 g/mol. The number of aromatic nitrogens is 1. The lowest BCUT2D eigenvalue weighted by Crippen LogP contribution is -2.42. The molecule has 8 heteroatoms. The summed E-state index contributed by atoms with van der Waals surface area (Å²) in [5.41, 5.74) is 5.97. The number of aliphatic carboxylic acids is 1. The molecule has 1 heterocycles. The summed E-state index contributed by atoms with van der Waals surface area (Å²) in [6.45, 7) is 0.0617. The Morgan fingerprint density at radius 3 is 2.27 bits per heavy atom. The Kier molecular flexibility index (Phi) is 5.58. The van der Waals surface area contributed by atoms with Crippen molar-refractivity contribution in [2.45, 2.75) is 18.4 Å². The highest BCUT2D eigenvalue weighted by Gasteiger charge is 2.30. The number of rotatable bonds is 7. The summed E-state index contributed by atoms with van der Waals surface area (Å²) in [5, 5.41) is 13.2. The van der Waals surface area contributed by atoms with Crippen LogP contribution in [0.3, 0.4) is 0 Å². The first-order chi connectivity index (χ1) is 14.5. The van der Waals surface area contributed by atoms with Crippen molar-refractivity contribution < 1.29 is 24.2 Å². The average molecular weight is 422 g/mol. The fourth-order valence-electron chi connectivity index (χ4n) is 3.62. The summed E-state index contributed by atoms with van der Waals surface area (Å²) in [6, 6.07) is 14.4. The number of ketones is 1. The van der Waals surface area contributed by atoms with Crippen LogP contribution in [-0.2, 0) is 9.53 Å². The van der Waals surface area contributed by atoms with Gasteiger partial charge in [0.05, 0.1) is 5.51 Å². The van der Waals surface area contributed by atoms with Crippen molar-refractivity contribution >= 4 is 29.2 Å². The number of carbonyl (C=O) groups excluding carboxylic acids is 2. The highest BCUT2D eigenvalue weighted by atomic mass is 32.1. The Hall–Kier alpha value is -3.52. The molecule has 3 aromatic rings. The van der Waals surface area contributed by atoms with Crippen LogP contribution in [0.25, 0.3) is 11.1 Å². The van der Waals surface area contributed by atoms with Gasteiger partial charge in [0.2, 0.25) is 0 Å². The topological polar surface area (TPSA) is 106 Å². The molecule has 0 bridgehead atoms. The summed E-state index contributed by atoms with van der Waals surface area (Å²) in [7, 11) is 0. The number of thiazole rings is 1. The molecule has 4 rings (SSSR count). The molecular formula is C22H18N2O5S. The fraction of sp³-hybridized carbons (Fsp3) is 0.182. The Morgan fingerprint density at radius 1 is 1.07 bits per heavy atom. The predicted octanol–water partition coefficient (Wildman–Crippen LogP) is 3.71. The third-order valence-electron chi connectivity index (χ3n) is 5.04. The first kappa shape index (κ1) is 19.8. The number of amides is 1. The maximum absolute atomic E-state index is 12.3. The fourth-order valence-corrected chi connectivity index (χ4v) is 4.18. The van der Waals surface area contributed by atoms with Gasteiger partial charge in [0, 0.05) is 17.7 Å². The van der Waals surface area contributed by atoms with E-state index in [1.54, 1.807) is 0 Å². The standard InChI is InChI=1S/C22H18N2O5S/c25-20(19-11-30-12-23-19)9-18(21(26)27)24-22(28)29-10-17-15-7-3-1-5-13(15)14-6-2-4-8-16(14)17/h1-8,11-12,17-18H,9-10H2,(H,24,28)(H,26,27)/t18-/m0/s1.